The summed E-state index contributed by atoms with van der Waals surface area (Å²) in [7, 11) is 0. The van der Waals surface area contributed by atoms with Crippen LogP contribution < -0.4 is 21.4 Å². The van der Waals surface area contributed by atoms with Crippen molar-refractivity contribution in [3.8, 4) is 5.69 Å². The van der Waals surface area contributed by atoms with Gasteiger partial charge < -0.3 is 11.1 Å². The largest absolute Gasteiger partial charge is 0.442 e. The van der Waals surface area contributed by atoms with Crippen molar-refractivity contribution in [2.24, 2.45) is 5.73 Å². The minimum Gasteiger partial charge on any atom is -0.366 e. The van der Waals surface area contributed by atoms with E-state index in [4.69, 9.17) is 10.3 Å². The number of aromatic nitrogens is 2. The van der Waals surface area contributed by atoms with Crippen molar-refractivity contribution in [3.05, 3.63) is 70.1 Å². The Hall–Kier alpha value is -3.33. The number of aryl methyl sites for hydroxylation is 1. The zero-order valence-electron chi connectivity index (χ0n) is 15.3. The standard InChI is InChI=1S/C19H18N4O4S/c1-11-3-9-15(10-4-11)23-18(19(26)27-22-23)28-12(2)17(25)21-14-7-5-13(6-8-14)16(20)24/h3-10,12H,1-2H3,(H3-,20,21,22,24,25,26)/p+1. The first kappa shape index (κ1) is 19.4. The summed E-state index contributed by atoms with van der Waals surface area (Å²) >= 11 is 1.08. The van der Waals surface area contributed by atoms with Gasteiger partial charge in [0.1, 0.15) is 0 Å². The van der Waals surface area contributed by atoms with Gasteiger partial charge in [0.2, 0.25) is 17.5 Å². The Labute approximate surface area is 164 Å². The van der Waals surface area contributed by atoms with E-state index in [-0.39, 0.29) is 10.9 Å². The lowest BCUT2D eigenvalue weighted by atomic mass is 10.2. The average Bonchev–Trinajstić information content (AvgIpc) is 3.03. The number of primary amides is 1. The monoisotopic (exact) mass is 399 g/mol. The number of rotatable bonds is 6. The second-order valence-electron chi connectivity index (χ2n) is 6.15. The Balaban J connectivity index is 1.74. The van der Waals surface area contributed by atoms with Gasteiger partial charge in [0, 0.05) is 23.4 Å². The number of hydrogen-bond acceptors (Lipinski definition) is 5. The Kier molecular flexibility index (Phi) is 5.65. The topological polar surface area (TPSA) is 122 Å². The van der Waals surface area contributed by atoms with Gasteiger partial charge in [-0.25, -0.2) is 4.79 Å². The molecular formula is C19H19N4O4S+. The Morgan fingerprint density at radius 3 is 2.39 bits per heavy atom. The van der Waals surface area contributed by atoms with Crippen LogP contribution in [0.2, 0.25) is 0 Å². The lowest BCUT2D eigenvalue weighted by Crippen LogP contribution is -2.37. The molecule has 1 aromatic heterocycles. The molecule has 144 valence electrons. The maximum absolute atomic E-state index is 12.5. The molecule has 1 heterocycles. The van der Waals surface area contributed by atoms with Crippen LogP contribution in [-0.2, 0) is 4.79 Å². The Morgan fingerprint density at radius 1 is 1.14 bits per heavy atom. The number of aromatic amines is 1. The fourth-order valence-corrected chi connectivity index (χ4v) is 3.30. The number of nitrogens with zero attached hydrogens (tertiary/aromatic N) is 1. The van der Waals surface area contributed by atoms with Crippen molar-refractivity contribution < 1.29 is 18.8 Å². The molecule has 9 heteroatoms. The van der Waals surface area contributed by atoms with Crippen molar-refractivity contribution in [3.63, 3.8) is 0 Å². The van der Waals surface area contributed by atoms with Gasteiger partial charge in [0.15, 0.2) is 0 Å². The molecule has 0 aliphatic rings. The van der Waals surface area contributed by atoms with E-state index in [0.717, 1.165) is 17.3 Å². The number of thioether (sulfide) groups is 1. The molecule has 0 spiro atoms. The quantitative estimate of drug-likeness (QED) is 0.431. The molecule has 1 unspecified atom stereocenters. The Bertz CT molecular complexity index is 1050. The number of nitrogens with two attached hydrogens (primary N) is 1. The van der Waals surface area contributed by atoms with Crippen LogP contribution >= 0.6 is 11.8 Å². The molecule has 3 rings (SSSR count). The van der Waals surface area contributed by atoms with Crippen LogP contribution in [0.5, 0.6) is 0 Å². The molecule has 2 aromatic carbocycles. The molecule has 8 nitrogen and oxygen atoms in total. The minimum absolute atomic E-state index is 0.260. The highest BCUT2D eigenvalue weighted by Crippen LogP contribution is 2.20. The molecule has 0 aliphatic heterocycles. The fraction of sp³-hybridized carbons (Fsp3) is 0.158. The summed E-state index contributed by atoms with van der Waals surface area (Å²) in [6.45, 7) is 3.65. The zero-order valence-corrected chi connectivity index (χ0v) is 16.1. The predicted molar refractivity (Wildman–Crippen MR) is 105 cm³/mol. The molecule has 4 N–H and O–H groups in total. The summed E-state index contributed by atoms with van der Waals surface area (Å²) < 4.78 is 6.40. The van der Waals surface area contributed by atoms with Gasteiger partial charge in [-0.2, -0.15) is 0 Å². The van der Waals surface area contributed by atoms with Crippen molar-refractivity contribution in [1.29, 1.82) is 0 Å². The smallest absolute Gasteiger partial charge is 0.366 e. The summed E-state index contributed by atoms with van der Waals surface area (Å²) in [5.74, 6) is -0.838. The normalized spacial score (nSPS) is 11.8. The summed E-state index contributed by atoms with van der Waals surface area (Å²) in [5, 5.41) is 4.98. The maximum atomic E-state index is 12.5. The summed E-state index contributed by atoms with van der Waals surface area (Å²) in [5.41, 5.74) is 7.31. The third-order valence-corrected chi connectivity index (χ3v) is 5.13. The van der Waals surface area contributed by atoms with Crippen LogP contribution in [0.25, 0.3) is 5.69 Å². The molecule has 3 aromatic rings. The van der Waals surface area contributed by atoms with Crippen LogP contribution in [0.4, 0.5) is 5.69 Å². The molecule has 0 fully saturated rings. The first-order chi connectivity index (χ1) is 13.3. The van der Waals surface area contributed by atoms with E-state index in [9.17, 15) is 14.4 Å². The van der Waals surface area contributed by atoms with Crippen LogP contribution in [0.3, 0.4) is 0 Å². The summed E-state index contributed by atoms with van der Waals surface area (Å²) in [6, 6.07) is 13.7. The lowest BCUT2D eigenvalue weighted by molar-refractivity contribution is -0.704. The molecule has 0 radical (unpaired) electrons. The number of carbonyl (C=O) groups excluding carboxylic acids is 2. The third kappa shape index (κ3) is 4.32. The second-order valence-corrected chi connectivity index (χ2v) is 7.48. The second kappa shape index (κ2) is 8.13. The van der Waals surface area contributed by atoms with E-state index < -0.39 is 16.8 Å². The van der Waals surface area contributed by atoms with Gasteiger partial charge >= 0.3 is 10.7 Å². The first-order valence-electron chi connectivity index (χ1n) is 8.43. The van der Waals surface area contributed by atoms with Crippen LogP contribution in [-0.4, -0.2) is 22.3 Å². The number of H-pyrrole nitrogens is 1. The van der Waals surface area contributed by atoms with E-state index in [1.807, 2.05) is 31.2 Å². The van der Waals surface area contributed by atoms with Crippen molar-refractivity contribution in [1.82, 2.24) is 5.27 Å². The highest BCUT2D eigenvalue weighted by atomic mass is 32.2. The highest BCUT2D eigenvalue weighted by Gasteiger charge is 2.29. The molecule has 0 bridgehead atoms. The summed E-state index contributed by atoms with van der Waals surface area (Å²) in [6.07, 6.45) is 0. The molecular weight excluding hydrogens is 380 g/mol. The number of carbonyl (C=O) groups is 2. The van der Waals surface area contributed by atoms with E-state index in [1.165, 1.54) is 16.8 Å². The van der Waals surface area contributed by atoms with Gasteiger partial charge in [0.25, 0.3) is 0 Å². The van der Waals surface area contributed by atoms with Crippen LogP contribution in [0.1, 0.15) is 22.8 Å². The SMILES string of the molecule is Cc1ccc(-[n+]2[nH]oc(=O)c2SC(C)C(=O)Nc2ccc(C(N)=O)cc2)cc1. The molecule has 0 saturated heterocycles. The number of benzene rings is 2. The molecule has 0 saturated carbocycles. The first-order valence-corrected chi connectivity index (χ1v) is 9.31. The van der Waals surface area contributed by atoms with E-state index in [1.54, 1.807) is 19.1 Å². The number of amides is 2. The van der Waals surface area contributed by atoms with E-state index in [2.05, 4.69) is 10.6 Å². The minimum atomic E-state index is -0.578. The van der Waals surface area contributed by atoms with Crippen molar-refractivity contribution in [2.75, 3.05) is 5.32 Å². The highest BCUT2D eigenvalue weighted by molar-refractivity contribution is 8.00. The van der Waals surface area contributed by atoms with Crippen molar-refractivity contribution >= 4 is 29.3 Å². The summed E-state index contributed by atoms with van der Waals surface area (Å²) in [4.78, 5) is 35.7. The maximum Gasteiger partial charge on any atom is 0.442 e. The van der Waals surface area contributed by atoms with Gasteiger partial charge in [-0.3, -0.25) is 14.1 Å². The van der Waals surface area contributed by atoms with Gasteiger partial charge in [-0.1, -0.05) is 17.7 Å². The van der Waals surface area contributed by atoms with Crippen molar-refractivity contribution in [2.45, 2.75) is 24.1 Å². The van der Waals surface area contributed by atoms with E-state index >= 15 is 0 Å². The van der Waals surface area contributed by atoms with Crippen LogP contribution in [0, 0.1) is 6.92 Å². The zero-order chi connectivity index (χ0) is 20.3. The molecule has 1 atom stereocenters. The lowest BCUT2D eigenvalue weighted by Gasteiger charge is -2.09. The number of anilines is 1. The van der Waals surface area contributed by atoms with Gasteiger partial charge in [0.05, 0.1) is 5.25 Å². The van der Waals surface area contributed by atoms with Crippen LogP contribution in [0.15, 0.2) is 62.9 Å². The third-order valence-electron chi connectivity index (χ3n) is 3.99. The van der Waals surface area contributed by atoms with Gasteiger partial charge in [-0.05, 0) is 59.8 Å². The number of nitrogens with one attached hydrogen (secondary N) is 2. The molecule has 28 heavy (non-hydrogen) atoms. The van der Waals surface area contributed by atoms with Gasteiger partial charge in [-0.15, -0.1) is 0 Å². The molecule has 2 amide bonds. The molecule has 0 aliphatic carbocycles. The average molecular weight is 399 g/mol. The predicted octanol–water partition coefficient (Wildman–Crippen LogP) is 1.77. The van der Waals surface area contributed by atoms with E-state index in [0.29, 0.717) is 16.9 Å². The fourth-order valence-electron chi connectivity index (χ4n) is 2.41. The Morgan fingerprint density at radius 2 is 1.79 bits per heavy atom. The number of hydrogen-bond donors (Lipinski definition) is 3.